The molecule has 0 bridgehead atoms. The Morgan fingerprint density at radius 3 is 2.49 bits per heavy atom. The summed E-state index contributed by atoms with van der Waals surface area (Å²) in [5, 5.41) is 10.7. The highest BCUT2D eigenvalue weighted by atomic mass is 16.6. The van der Waals surface area contributed by atoms with Gasteiger partial charge in [-0.15, -0.1) is 0 Å². The predicted octanol–water partition coefficient (Wildman–Crippen LogP) is 6.19. The van der Waals surface area contributed by atoms with Gasteiger partial charge >= 0.3 is 6.09 Å². The SMILES string of the molecule is COc1cc(Nc2cc(Oc3ccc(NC(=O)OC(C)(C)C)c4ccccc34)ccn2)ccc1C(=O)NCCN1CCOCC1. The van der Waals surface area contributed by atoms with Gasteiger partial charge < -0.3 is 29.6 Å². The van der Waals surface area contributed by atoms with E-state index in [-0.39, 0.29) is 5.91 Å². The molecule has 1 fully saturated rings. The van der Waals surface area contributed by atoms with Crippen molar-refractivity contribution in [2.45, 2.75) is 26.4 Å². The average molecular weight is 614 g/mol. The zero-order valence-electron chi connectivity index (χ0n) is 26.0. The molecule has 0 spiro atoms. The lowest BCUT2D eigenvalue weighted by Gasteiger charge is -2.26. The zero-order chi connectivity index (χ0) is 31.8. The lowest BCUT2D eigenvalue weighted by molar-refractivity contribution is 0.0383. The Balaban J connectivity index is 1.25. The number of ether oxygens (including phenoxy) is 4. The van der Waals surface area contributed by atoms with E-state index in [1.54, 1.807) is 48.7 Å². The maximum Gasteiger partial charge on any atom is 0.412 e. The first-order valence-corrected chi connectivity index (χ1v) is 14.9. The van der Waals surface area contributed by atoms with Crippen LogP contribution in [0.1, 0.15) is 31.1 Å². The van der Waals surface area contributed by atoms with Crippen molar-refractivity contribution in [1.29, 1.82) is 0 Å². The van der Waals surface area contributed by atoms with E-state index < -0.39 is 11.7 Å². The van der Waals surface area contributed by atoms with E-state index in [2.05, 4.69) is 25.8 Å². The van der Waals surface area contributed by atoms with Crippen molar-refractivity contribution in [3.63, 3.8) is 0 Å². The highest BCUT2D eigenvalue weighted by molar-refractivity contribution is 6.03. The van der Waals surface area contributed by atoms with Crippen molar-refractivity contribution >= 4 is 40.0 Å². The number of morpholine rings is 1. The van der Waals surface area contributed by atoms with Gasteiger partial charge in [-0.2, -0.15) is 0 Å². The van der Waals surface area contributed by atoms with Crippen LogP contribution in [-0.2, 0) is 9.47 Å². The van der Waals surface area contributed by atoms with E-state index in [1.807, 2.05) is 45.0 Å². The Morgan fingerprint density at radius 2 is 1.73 bits per heavy atom. The van der Waals surface area contributed by atoms with Crippen LogP contribution >= 0.6 is 0 Å². The molecule has 1 aromatic heterocycles. The molecule has 45 heavy (non-hydrogen) atoms. The van der Waals surface area contributed by atoms with Crippen molar-refractivity contribution in [2.24, 2.45) is 0 Å². The summed E-state index contributed by atoms with van der Waals surface area (Å²) in [5.41, 5.74) is 1.16. The molecule has 11 heteroatoms. The molecule has 2 heterocycles. The van der Waals surface area contributed by atoms with E-state index in [0.29, 0.717) is 46.5 Å². The van der Waals surface area contributed by atoms with Gasteiger partial charge in [0, 0.05) is 61.0 Å². The number of nitrogens with zero attached hydrogens (tertiary/aromatic N) is 2. The first kappa shape index (κ1) is 31.6. The largest absolute Gasteiger partial charge is 0.496 e. The third-order valence-corrected chi connectivity index (χ3v) is 7.01. The van der Waals surface area contributed by atoms with Crippen LogP contribution in [-0.4, -0.2) is 74.0 Å². The van der Waals surface area contributed by atoms with Crippen LogP contribution in [0.3, 0.4) is 0 Å². The van der Waals surface area contributed by atoms with Gasteiger partial charge in [0.25, 0.3) is 5.91 Å². The fourth-order valence-electron chi connectivity index (χ4n) is 4.90. The maximum atomic E-state index is 12.9. The number of pyridine rings is 1. The molecule has 3 N–H and O–H groups in total. The lowest BCUT2D eigenvalue weighted by atomic mass is 10.1. The minimum absolute atomic E-state index is 0.195. The number of amides is 2. The number of benzene rings is 3. The number of methoxy groups -OCH3 is 1. The number of nitrogens with one attached hydrogen (secondary N) is 3. The van der Waals surface area contributed by atoms with Gasteiger partial charge in [0.15, 0.2) is 0 Å². The molecule has 0 radical (unpaired) electrons. The lowest BCUT2D eigenvalue weighted by Crippen LogP contribution is -2.41. The van der Waals surface area contributed by atoms with E-state index in [9.17, 15) is 9.59 Å². The number of hydrogen-bond acceptors (Lipinski definition) is 9. The van der Waals surface area contributed by atoms with Crippen molar-refractivity contribution in [3.05, 3.63) is 78.5 Å². The van der Waals surface area contributed by atoms with Crippen molar-refractivity contribution in [1.82, 2.24) is 15.2 Å². The summed E-state index contributed by atoms with van der Waals surface area (Å²) in [6.07, 6.45) is 1.12. The summed E-state index contributed by atoms with van der Waals surface area (Å²) in [6.45, 7) is 9.95. The van der Waals surface area contributed by atoms with Gasteiger partial charge in [-0.3, -0.25) is 15.0 Å². The zero-order valence-corrected chi connectivity index (χ0v) is 26.0. The standard InChI is InChI=1S/C34H39N5O6/c1-34(2,3)45-33(41)38-28-11-12-29(26-8-6-5-7-25(26)28)44-24-13-14-35-31(22-24)37-23-9-10-27(30(21-23)42-4)32(40)36-15-16-39-17-19-43-20-18-39/h5-14,21-22H,15-20H2,1-4H3,(H,35,37)(H,36,40)(H,38,41). The second kappa shape index (κ2) is 14.3. The molecule has 0 unspecified atom stereocenters. The molecule has 1 aliphatic heterocycles. The first-order valence-electron chi connectivity index (χ1n) is 14.9. The molecule has 1 saturated heterocycles. The molecular formula is C34H39N5O6. The Morgan fingerprint density at radius 1 is 0.956 bits per heavy atom. The number of carbonyl (C=O) groups excluding carboxylic acids is 2. The number of aromatic nitrogens is 1. The molecular weight excluding hydrogens is 574 g/mol. The minimum Gasteiger partial charge on any atom is -0.496 e. The summed E-state index contributed by atoms with van der Waals surface area (Å²) in [7, 11) is 1.54. The summed E-state index contributed by atoms with van der Waals surface area (Å²) < 4.78 is 22.6. The Kier molecular flexibility index (Phi) is 10.0. The highest BCUT2D eigenvalue weighted by Gasteiger charge is 2.18. The Bertz CT molecular complexity index is 1650. The quantitative estimate of drug-likeness (QED) is 0.192. The van der Waals surface area contributed by atoms with Crippen LogP contribution in [0.25, 0.3) is 10.8 Å². The van der Waals surface area contributed by atoms with Crippen LogP contribution in [0.15, 0.2) is 72.9 Å². The molecule has 3 aromatic carbocycles. The number of anilines is 3. The summed E-state index contributed by atoms with van der Waals surface area (Å²) in [5.74, 6) is 1.98. The van der Waals surface area contributed by atoms with Gasteiger partial charge in [0.05, 0.1) is 31.6 Å². The Hall–Kier alpha value is -4.87. The second-order valence-electron chi connectivity index (χ2n) is 11.5. The first-order chi connectivity index (χ1) is 21.7. The van der Waals surface area contributed by atoms with Crippen molar-refractivity contribution < 1.29 is 28.5 Å². The molecule has 2 amide bonds. The molecule has 1 aliphatic rings. The van der Waals surface area contributed by atoms with Crippen LogP contribution < -0.4 is 25.4 Å². The van der Waals surface area contributed by atoms with Gasteiger partial charge in [0.2, 0.25) is 0 Å². The second-order valence-corrected chi connectivity index (χ2v) is 11.5. The molecule has 4 aromatic rings. The minimum atomic E-state index is -0.610. The number of fused-ring (bicyclic) bond motifs is 1. The fourth-order valence-corrected chi connectivity index (χ4v) is 4.90. The molecule has 5 rings (SSSR count). The van der Waals surface area contributed by atoms with Crippen LogP contribution in [0.4, 0.5) is 22.0 Å². The fraction of sp³-hybridized carbons (Fsp3) is 0.324. The third-order valence-electron chi connectivity index (χ3n) is 7.01. The third kappa shape index (κ3) is 8.62. The van der Waals surface area contributed by atoms with E-state index in [1.165, 1.54) is 7.11 Å². The molecule has 0 aliphatic carbocycles. The van der Waals surface area contributed by atoms with E-state index in [0.717, 1.165) is 43.6 Å². The van der Waals surface area contributed by atoms with Crippen LogP contribution in [0.5, 0.6) is 17.2 Å². The molecule has 11 nitrogen and oxygen atoms in total. The molecule has 236 valence electrons. The van der Waals surface area contributed by atoms with Crippen LogP contribution in [0.2, 0.25) is 0 Å². The van der Waals surface area contributed by atoms with Gasteiger partial charge in [-0.05, 0) is 51.1 Å². The van der Waals surface area contributed by atoms with E-state index in [4.69, 9.17) is 18.9 Å². The number of carbonyl (C=O) groups is 2. The number of hydrogen-bond donors (Lipinski definition) is 3. The predicted molar refractivity (Wildman–Crippen MR) is 174 cm³/mol. The van der Waals surface area contributed by atoms with Gasteiger partial charge in [-0.1, -0.05) is 24.3 Å². The molecule has 0 atom stereocenters. The average Bonchev–Trinajstić information content (AvgIpc) is 3.02. The van der Waals surface area contributed by atoms with Gasteiger partial charge in [0.1, 0.15) is 28.7 Å². The molecule has 0 saturated carbocycles. The maximum absolute atomic E-state index is 12.9. The van der Waals surface area contributed by atoms with Gasteiger partial charge in [-0.25, -0.2) is 9.78 Å². The number of rotatable bonds is 10. The monoisotopic (exact) mass is 613 g/mol. The Labute approximate surface area is 262 Å². The van der Waals surface area contributed by atoms with Crippen molar-refractivity contribution in [2.75, 3.05) is 57.1 Å². The topological polar surface area (TPSA) is 123 Å². The van der Waals surface area contributed by atoms with Crippen molar-refractivity contribution in [3.8, 4) is 17.2 Å². The van der Waals surface area contributed by atoms with E-state index >= 15 is 0 Å². The van der Waals surface area contributed by atoms with Crippen LogP contribution in [0, 0.1) is 0 Å². The normalized spacial score (nSPS) is 13.6. The summed E-state index contributed by atoms with van der Waals surface area (Å²) >= 11 is 0. The summed E-state index contributed by atoms with van der Waals surface area (Å²) in [6, 6.07) is 20.1. The summed E-state index contributed by atoms with van der Waals surface area (Å²) in [4.78, 5) is 32.0. The highest BCUT2D eigenvalue weighted by Crippen LogP contribution is 2.35. The smallest absolute Gasteiger partial charge is 0.412 e.